The van der Waals surface area contributed by atoms with Gasteiger partial charge in [-0.1, -0.05) is 20.8 Å². The van der Waals surface area contributed by atoms with E-state index in [2.05, 4.69) is 30.6 Å². The fraction of sp³-hybridized carbons (Fsp3) is 1.00. The zero-order valence-corrected chi connectivity index (χ0v) is 12.5. The Bertz CT molecular complexity index is 299. The molecule has 2 aliphatic heterocycles. The standard InChI is InChI=1S/C16H30N2/c1-4-13-11-17-9-5-6-15(17)12-18(13)14-7-8-16(2,3)10-14/h13-15H,4-12H2,1-3H3. The summed E-state index contributed by atoms with van der Waals surface area (Å²) < 4.78 is 0. The van der Waals surface area contributed by atoms with Crippen LogP contribution in [-0.4, -0.2) is 47.6 Å². The molecule has 0 bridgehead atoms. The van der Waals surface area contributed by atoms with Crippen LogP contribution in [0.4, 0.5) is 0 Å². The second-order valence-electron chi connectivity index (χ2n) is 7.61. The predicted molar refractivity (Wildman–Crippen MR) is 76.8 cm³/mol. The van der Waals surface area contributed by atoms with Crippen molar-refractivity contribution in [3.05, 3.63) is 0 Å². The molecule has 104 valence electrons. The molecule has 3 unspecified atom stereocenters. The monoisotopic (exact) mass is 250 g/mol. The fourth-order valence-corrected chi connectivity index (χ4v) is 4.60. The van der Waals surface area contributed by atoms with Crippen molar-refractivity contribution in [1.29, 1.82) is 0 Å². The van der Waals surface area contributed by atoms with E-state index in [1.54, 1.807) is 0 Å². The minimum absolute atomic E-state index is 0.593. The lowest BCUT2D eigenvalue weighted by Crippen LogP contribution is -2.58. The lowest BCUT2D eigenvalue weighted by Gasteiger charge is -2.46. The third-order valence-corrected chi connectivity index (χ3v) is 5.72. The number of hydrogen-bond acceptors (Lipinski definition) is 2. The molecule has 0 aromatic carbocycles. The number of rotatable bonds is 2. The largest absolute Gasteiger partial charge is 0.298 e. The SMILES string of the molecule is CCC1CN2CCCC2CN1C1CCC(C)(C)C1. The van der Waals surface area contributed by atoms with Gasteiger partial charge in [-0.2, -0.15) is 0 Å². The van der Waals surface area contributed by atoms with Crippen molar-refractivity contribution in [2.24, 2.45) is 5.41 Å². The van der Waals surface area contributed by atoms with Crippen LogP contribution in [0.15, 0.2) is 0 Å². The van der Waals surface area contributed by atoms with E-state index in [9.17, 15) is 0 Å². The molecule has 3 rings (SSSR count). The van der Waals surface area contributed by atoms with Gasteiger partial charge >= 0.3 is 0 Å². The summed E-state index contributed by atoms with van der Waals surface area (Å²) in [6.07, 6.45) is 8.51. The highest BCUT2D eigenvalue weighted by atomic mass is 15.3. The van der Waals surface area contributed by atoms with Crippen molar-refractivity contribution in [1.82, 2.24) is 9.80 Å². The molecule has 1 aliphatic carbocycles. The van der Waals surface area contributed by atoms with E-state index in [0.29, 0.717) is 5.41 Å². The molecule has 0 spiro atoms. The molecule has 2 nitrogen and oxygen atoms in total. The van der Waals surface area contributed by atoms with Gasteiger partial charge in [0.25, 0.3) is 0 Å². The maximum Gasteiger partial charge on any atom is 0.0224 e. The van der Waals surface area contributed by atoms with Crippen molar-refractivity contribution in [3.63, 3.8) is 0 Å². The lowest BCUT2D eigenvalue weighted by atomic mass is 9.91. The van der Waals surface area contributed by atoms with E-state index in [0.717, 1.165) is 18.1 Å². The highest BCUT2D eigenvalue weighted by molar-refractivity contribution is 4.97. The number of nitrogens with zero attached hydrogens (tertiary/aromatic N) is 2. The van der Waals surface area contributed by atoms with Gasteiger partial charge in [0.15, 0.2) is 0 Å². The first-order chi connectivity index (χ1) is 8.59. The Hall–Kier alpha value is -0.0800. The van der Waals surface area contributed by atoms with Gasteiger partial charge in [-0.15, -0.1) is 0 Å². The van der Waals surface area contributed by atoms with E-state index in [1.165, 1.54) is 58.2 Å². The second-order valence-corrected chi connectivity index (χ2v) is 7.61. The maximum absolute atomic E-state index is 2.90. The van der Waals surface area contributed by atoms with Crippen molar-refractivity contribution < 1.29 is 0 Å². The van der Waals surface area contributed by atoms with Gasteiger partial charge in [0.1, 0.15) is 0 Å². The average Bonchev–Trinajstić information content (AvgIpc) is 2.92. The maximum atomic E-state index is 2.90. The molecule has 2 saturated heterocycles. The van der Waals surface area contributed by atoms with E-state index >= 15 is 0 Å². The first-order valence-corrected chi connectivity index (χ1v) is 8.09. The van der Waals surface area contributed by atoms with Gasteiger partial charge in [-0.3, -0.25) is 9.80 Å². The highest BCUT2D eigenvalue weighted by Crippen LogP contribution is 2.41. The van der Waals surface area contributed by atoms with Gasteiger partial charge in [0.2, 0.25) is 0 Å². The Morgan fingerprint density at radius 1 is 1.11 bits per heavy atom. The zero-order valence-electron chi connectivity index (χ0n) is 12.5. The molecule has 3 atom stereocenters. The Kier molecular flexibility index (Phi) is 3.44. The molecular formula is C16H30N2. The second kappa shape index (κ2) is 4.79. The normalized spacial score (nSPS) is 41.2. The van der Waals surface area contributed by atoms with Crippen molar-refractivity contribution >= 4 is 0 Å². The molecular weight excluding hydrogens is 220 g/mol. The van der Waals surface area contributed by atoms with Gasteiger partial charge < -0.3 is 0 Å². The van der Waals surface area contributed by atoms with E-state index in [1.807, 2.05) is 0 Å². The Balaban J connectivity index is 1.70. The van der Waals surface area contributed by atoms with Crippen LogP contribution >= 0.6 is 0 Å². The predicted octanol–water partition coefficient (Wildman–Crippen LogP) is 3.12. The van der Waals surface area contributed by atoms with Gasteiger partial charge in [-0.25, -0.2) is 0 Å². The number of fused-ring (bicyclic) bond motifs is 1. The summed E-state index contributed by atoms with van der Waals surface area (Å²) in [4.78, 5) is 5.67. The smallest absolute Gasteiger partial charge is 0.0224 e. The third kappa shape index (κ3) is 2.34. The van der Waals surface area contributed by atoms with Crippen LogP contribution in [0.2, 0.25) is 0 Å². The van der Waals surface area contributed by atoms with Gasteiger partial charge in [0, 0.05) is 31.2 Å². The molecule has 3 fully saturated rings. The van der Waals surface area contributed by atoms with E-state index in [4.69, 9.17) is 0 Å². The molecule has 0 aromatic heterocycles. The molecule has 0 N–H and O–H groups in total. The minimum atomic E-state index is 0.593. The fourth-order valence-electron chi connectivity index (χ4n) is 4.60. The Morgan fingerprint density at radius 3 is 2.61 bits per heavy atom. The molecule has 3 aliphatic rings. The van der Waals surface area contributed by atoms with Gasteiger partial charge in [-0.05, 0) is 50.5 Å². The average molecular weight is 250 g/mol. The quantitative estimate of drug-likeness (QED) is 0.743. The first-order valence-electron chi connectivity index (χ1n) is 8.09. The summed E-state index contributed by atoms with van der Waals surface area (Å²) in [5, 5.41) is 0. The summed E-state index contributed by atoms with van der Waals surface area (Å²) in [7, 11) is 0. The number of piperazine rings is 1. The Morgan fingerprint density at radius 2 is 1.94 bits per heavy atom. The van der Waals surface area contributed by atoms with Crippen LogP contribution in [0.25, 0.3) is 0 Å². The van der Waals surface area contributed by atoms with Crippen molar-refractivity contribution in [2.75, 3.05) is 19.6 Å². The van der Waals surface area contributed by atoms with E-state index in [-0.39, 0.29) is 0 Å². The van der Waals surface area contributed by atoms with Crippen molar-refractivity contribution in [3.8, 4) is 0 Å². The highest BCUT2D eigenvalue weighted by Gasteiger charge is 2.42. The minimum Gasteiger partial charge on any atom is -0.298 e. The topological polar surface area (TPSA) is 6.48 Å². The summed E-state index contributed by atoms with van der Waals surface area (Å²) in [5.41, 5.74) is 0.593. The van der Waals surface area contributed by atoms with Gasteiger partial charge in [0.05, 0.1) is 0 Å². The van der Waals surface area contributed by atoms with Crippen molar-refractivity contribution in [2.45, 2.75) is 77.4 Å². The molecule has 0 amide bonds. The third-order valence-electron chi connectivity index (χ3n) is 5.72. The first kappa shape index (κ1) is 12.9. The van der Waals surface area contributed by atoms with Crippen LogP contribution in [0.5, 0.6) is 0 Å². The van der Waals surface area contributed by atoms with Crippen LogP contribution in [0, 0.1) is 5.41 Å². The molecule has 0 aromatic rings. The van der Waals surface area contributed by atoms with Crippen LogP contribution in [-0.2, 0) is 0 Å². The zero-order chi connectivity index (χ0) is 12.8. The summed E-state index contributed by atoms with van der Waals surface area (Å²) in [6, 6.07) is 2.60. The summed E-state index contributed by atoms with van der Waals surface area (Å²) in [5.74, 6) is 0. The molecule has 2 heteroatoms. The lowest BCUT2D eigenvalue weighted by molar-refractivity contribution is 0.0174. The van der Waals surface area contributed by atoms with Crippen LogP contribution < -0.4 is 0 Å². The summed E-state index contributed by atoms with van der Waals surface area (Å²) in [6.45, 7) is 11.4. The number of hydrogen-bond donors (Lipinski definition) is 0. The molecule has 1 saturated carbocycles. The Labute approximate surface area is 113 Å². The van der Waals surface area contributed by atoms with Crippen LogP contribution in [0.3, 0.4) is 0 Å². The van der Waals surface area contributed by atoms with Crippen LogP contribution in [0.1, 0.15) is 59.3 Å². The van der Waals surface area contributed by atoms with E-state index < -0.39 is 0 Å². The molecule has 0 radical (unpaired) electrons. The molecule has 2 heterocycles. The molecule has 18 heavy (non-hydrogen) atoms. The summed E-state index contributed by atoms with van der Waals surface area (Å²) >= 11 is 0.